The minimum absolute atomic E-state index is 0.0676. The molecule has 0 spiro atoms. The first-order chi connectivity index (χ1) is 8.15. The fraction of sp³-hybridized carbons (Fsp3) is 0.636. The van der Waals surface area contributed by atoms with Crippen LogP contribution in [0.5, 0.6) is 0 Å². The van der Waals surface area contributed by atoms with E-state index >= 15 is 0 Å². The van der Waals surface area contributed by atoms with E-state index in [0.29, 0.717) is 13.2 Å². The van der Waals surface area contributed by atoms with E-state index in [4.69, 9.17) is 4.74 Å². The summed E-state index contributed by atoms with van der Waals surface area (Å²) in [6, 6.07) is 0.215. The SMILES string of the molecule is CCOCC(C)Nc1cnn(CC(=O)NC)c1. The van der Waals surface area contributed by atoms with Gasteiger partial charge in [-0.1, -0.05) is 0 Å². The Balaban J connectivity index is 2.42. The molecule has 1 rings (SSSR count). The molecule has 0 aliphatic heterocycles. The van der Waals surface area contributed by atoms with E-state index in [1.807, 2.05) is 13.8 Å². The van der Waals surface area contributed by atoms with Crippen LogP contribution in [0, 0.1) is 0 Å². The zero-order valence-corrected chi connectivity index (χ0v) is 10.6. The quantitative estimate of drug-likeness (QED) is 0.727. The van der Waals surface area contributed by atoms with Gasteiger partial charge >= 0.3 is 0 Å². The Bertz CT molecular complexity index is 351. The van der Waals surface area contributed by atoms with E-state index < -0.39 is 0 Å². The number of hydrogen-bond donors (Lipinski definition) is 2. The molecule has 6 nitrogen and oxygen atoms in total. The van der Waals surface area contributed by atoms with Gasteiger partial charge in [0.15, 0.2) is 0 Å². The number of carbonyl (C=O) groups excluding carboxylic acids is 1. The fourth-order valence-electron chi connectivity index (χ4n) is 1.37. The molecule has 0 bridgehead atoms. The molecule has 1 unspecified atom stereocenters. The molecule has 17 heavy (non-hydrogen) atoms. The van der Waals surface area contributed by atoms with Crippen molar-refractivity contribution in [3.05, 3.63) is 12.4 Å². The van der Waals surface area contributed by atoms with Crippen LogP contribution in [0.2, 0.25) is 0 Å². The number of hydrogen-bond acceptors (Lipinski definition) is 4. The van der Waals surface area contributed by atoms with Crippen LogP contribution in [0.4, 0.5) is 5.69 Å². The van der Waals surface area contributed by atoms with Gasteiger partial charge in [0.1, 0.15) is 6.54 Å². The Morgan fingerprint density at radius 3 is 3.06 bits per heavy atom. The second-order valence-corrected chi connectivity index (χ2v) is 3.80. The van der Waals surface area contributed by atoms with Gasteiger partial charge in [0, 0.05) is 25.9 Å². The van der Waals surface area contributed by atoms with Gasteiger partial charge in [-0.25, -0.2) is 0 Å². The summed E-state index contributed by atoms with van der Waals surface area (Å²) in [5, 5.41) is 9.89. The van der Waals surface area contributed by atoms with Crippen molar-refractivity contribution in [2.45, 2.75) is 26.4 Å². The Hall–Kier alpha value is -1.56. The van der Waals surface area contributed by atoms with Crippen molar-refractivity contribution in [3.63, 3.8) is 0 Å². The monoisotopic (exact) mass is 240 g/mol. The van der Waals surface area contributed by atoms with Gasteiger partial charge in [0.05, 0.1) is 18.5 Å². The smallest absolute Gasteiger partial charge is 0.241 e. The molecule has 0 saturated heterocycles. The van der Waals surface area contributed by atoms with E-state index in [-0.39, 0.29) is 18.5 Å². The number of anilines is 1. The maximum Gasteiger partial charge on any atom is 0.241 e. The number of likely N-dealkylation sites (N-methyl/N-ethyl adjacent to an activating group) is 1. The van der Waals surface area contributed by atoms with Gasteiger partial charge in [-0.2, -0.15) is 5.10 Å². The molecule has 0 radical (unpaired) electrons. The Kier molecular flexibility index (Phi) is 5.48. The van der Waals surface area contributed by atoms with Crippen molar-refractivity contribution in [2.24, 2.45) is 0 Å². The highest BCUT2D eigenvalue weighted by molar-refractivity contribution is 5.75. The van der Waals surface area contributed by atoms with E-state index in [1.165, 1.54) is 0 Å². The number of rotatable bonds is 7. The molecule has 1 heterocycles. The first-order valence-corrected chi connectivity index (χ1v) is 5.73. The third-order valence-electron chi connectivity index (χ3n) is 2.20. The topological polar surface area (TPSA) is 68.2 Å². The van der Waals surface area contributed by atoms with Crippen LogP contribution < -0.4 is 10.6 Å². The molecule has 2 N–H and O–H groups in total. The highest BCUT2D eigenvalue weighted by Crippen LogP contribution is 2.06. The minimum atomic E-state index is -0.0676. The summed E-state index contributed by atoms with van der Waals surface area (Å²) in [6.45, 7) is 5.59. The van der Waals surface area contributed by atoms with Crippen molar-refractivity contribution in [2.75, 3.05) is 25.6 Å². The molecule has 1 amide bonds. The molecule has 0 aliphatic rings. The fourth-order valence-corrected chi connectivity index (χ4v) is 1.37. The summed E-state index contributed by atoms with van der Waals surface area (Å²) in [7, 11) is 1.61. The molecule has 1 atom stereocenters. The Morgan fingerprint density at radius 1 is 1.65 bits per heavy atom. The van der Waals surface area contributed by atoms with Crippen LogP contribution in [-0.2, 0) is 16.1 Å². The maximum atomic E-state index is 11.1. The van der Waals surface area contributed by atoms with Crippen LogP contribution in [0.25, 0.3) is 0 Å². The second-order valence-electron chi connectivity index (χ2n) is 3.80. The summed E-state index contributed by atoms with van der Waals surface area (Å²) < 4.78 is 6.89. The van der Waals surface area contributed by atoms with Crippen molar-refractivity contribution in [3.8, 4) is 0 Å². The number of nitrogens with zero attached hydrogens (tertiary/aromatic N) is 2. The van der Waals surface area contributed by atoms with Crippen LogP contribution in [-0.4, -0.2) is 42.0 Å². The van der Waals surface area contributed by atoms with E-state index in [1.54, 1.807) is 24.1 Å². The highest BCUT2D eigenvalue weighted by atomic mass is 16.5. The number of ether oxygens (including phenoxy) is 1. The molecule has 6 heteroatoms. The highest BCUT2D eigenvalue weighted by Gasteiger charge is 2.05. The number of amides is 1. The van der Waals surface area contributed by atoms with Gasteiger partial charge in [0.25, 0.3) is 0 Å². The zero-order valence-electron chi connectivity index (χ0n) is 10.6. The van der Waals surface area contributed by atoms with Gasteiger partial charge in [-0.3, -0.25) is 9.48 Å². The van der Waals surface area contributed by atoms with Gasteiger partial charge in [-0.05, 0) is 13.8 Å². The van der Waals surface area contributed by atoms with Crippen LogP contribution >= 0.6 is 0 Å². The lowest BCUT2D eigenvalue weighted by Crippen LogP contribution is -2.23. The van der Waals surface area contributed by atoms with Crippen molar-refractivity contribution in [1.29, 1.82) is 0 Å². The molecular weight excluding hydrogens is 220 g/mol. The molecule has 0 aromatic carbocycles. The van der Waals surface area contributed by atoms with E-state index in [9.17, 15) is 4.79 Å². The lowest BCUT2D eigenvalue weighted by molar-refractivity contribution is -0.121. The lowest BCUT2D eigenvalue weighted by Gasteiger charge is -2.12. The summed E-state index contributed by atoms with van der Waals surface area (Å²) in [6.07, 6.45) is 3.50. The zero-order chi connectivity index (χ0) is 12.7. The number of nitrogens with one attached hydrogen (secondary N) is 2. The van der Waals surface area contributed by atoms with Crippen molar-refractivity contribution in [1.82, 2.24) is 15.1 Å². The number of carbonyl (C=O) groups is 1. The maximum absolute atomic E-state index is 11.1. The third kappa shape index (κ3) is 4.86. The normalized spacial score (nSPS) is 12.2. The minimum Gasteiger partial charge on any atom is -0.380 e. The average Bonchev–Trinajstić information content (AvgIpc) is 2.73. The Morgan fingerprint density at radius 2 is 2.41 bits per heavy atom. The van der Waals surface area contributed by atoms with Gasteiger partial charge in [0.2, 0.25) is 5.91 Å². The summed E-state index contributed by atoms with van der Waals surface area (Å²) in [5.74, 6) is -0.0676. The predicted octanol–water partition coefficient (Wildman–Crippen LogP) is 0.466. The van der Waals surface area contributed by atoms with Gasteiger partial charge in [-0.15, -0.1) is 0 Å². The Labute approximate surface area is 101 Å². The molecule has 96 valence electrons. The first kappa shape index (κ1) is 13.5. The van der Waals surface area contributed by atoms with Crippen molar-refractivity contribution >= 4 is 11.6 Å². The summed E-state index contributed by atoms with van der Waals surface area (Å²) >= 11 is 0. The first-order valence-electron chi connectivity index (χ1n) is 5.73. The molecule has 0 saturated carbocycles. The lowest BCUT2D eigenvalue weighted by atomic mass is 10.3. The molecule has 0 fully saturated rings. The van der Waals surface area contributed by atoms with Crippen LogP contribution in [0.15, 0.2) is 12.4 Å². The number of aromatic nitrogens is 2. The molecular formula is C11H20N4O2. The average molecular weight is 240 g/mol. The second kappa shape index (κ2) is 6.90. The predicted molar refractivity (Wildman–Crippen MR) is 65.9 cm³/mol. The summed E-state index contributed by atoms with van der Waals surface area (Å²) in [5.41, 5.74) is 0.890. The largest absolute Gasteiger partial charge is 0.380 e. The van der Waals surface area contributed by atoms with E-state index in [0.717, 1.165) is 5.69 Å². The molecule has 0 aliphatic carbocycles. The summed E-state index contributed by atoms with van der Waals surface area (Å²) in [4.78, 5) is 11.1. The van der Waals surface area contributed by atoms with Crippen LogP contribution in [0.3, 0.4) is 0 Å². The van der Waals surface area contributed by atoms with Crippen molar-refractivity contribution < 1.29 is 9.53 Å². The third-order valence-corrected chi connectivity index (χ3v) is 2.20. The molecule has 1 aromatic rings. The molecule has 1 aromatic heterocycles. The van der Waals surface area contributed by atoms with E-state index in [2.05, 4.69) is 15.7 Å². The van der Waals surface area contributed by atoms with Crippen LogP contribution in [0.1, 0.15) is 13.8 Å². The van der Waals surface area contributed by atoms with Gasteiger partial charge < -0.3 is 15.4 Å². The standard InChI is InChI=1S/C11H20N4O2/c1-4-17-8-9(2)14-10-5-13-15(6-10)7-11(16)12-3/h5-6,9,14H,4,7-8H2,1-3H3,(H,12,16).